The van der Waals surface area contributed by atoms with Gasteiger partial charge < -0.3 is 0 Å². The van der Waals surface area contributed by atoms with E-state index in [4.69, 9.17) is 0 Å². The van der Waals surface area contributed by atoms with Gasteiger partial charge in [0.15, 0.2) is 0 Å². The summed E-state index contributed by atoms with van der Waals surface area (Å²) in [5.41, 5.74) is 11.7. The van der Waals surface area contributed by atoms with E-state index in [9.17, 15) is 0 Å². The second kappa shape index (κ2) is 4.35. The van der Waals surface area contributed by atoms with Gasteiger partial charge >= 0.3 is 0 Å². The van der Waals surface area contributed by atoms with E-state index in [0.29, 0.717) is 0 Å². The van der Waals surface area contributed by atoms with Gasteiger partial charge in [0.05, 0.1) is 0 Å². The van der Waals surface area contributed by atoms with Gasteiger partial charge in [0.25, 0.3) is 0 Å². The molecule has 0 radical (unpaired) electrons. The summed E-state index contributed by atoms with van der Waals surface area (Å²) in [4.78, 5) is 0. The topological polar surface area (TPSA) is 0 Å². The molecule has 2 aliphatic rings. The van der Waals surface area contributed by atoms with Crippen LogP contribution in [0.4, 0.5) is 0 Å². The molecule has 0 heterocycles. The predicted molar refractivity (Wildman–Crippen MR) is 96.0 cm³/mol. The van der Waals surface area contributed by atoms with Crippen molar-refractivity contribution in [2.75, 3.05) is 0 Å². The summed E-state index contributed by atoms with van der Waals surface area (Å²) in [6.45, 7) is 4.42. The molecule has 0 aromatic heterocycles. The molecule has 1 spiro atoms. The van der Waals surface area contributed by atoms with Crippen LogP contribution in [0, 0.1) is 13.8 Å². The Bertz CT molecular complexity index is 895. The van der Waals surface area contributed by atoms with Crippen LogP contribution in [0.2, 0.25) is 0 Å². The van der Waals surface area contributed by atoms with E-state index < -0.39 is 0 Å². The molecular formula is C23H20. The van der Waals surface area contributed by atoms with Crippen LogP contribution in [-0.4, -0.2) is 0 Å². The number of rotatable bonds is 0. The summed E-state index contributed by atoms with van der Waals surface area (Å²) in [6.07, 6.45) is 2.37. The number of hydrogen-bond donors (Lipinski definition) is 0. The van der Waals surface area contributed by atoms with E-state index in [0.717, 1.165) is 0 Å². The number of hydrogen-bond acceptors (Lipinski definition) is 0. The van der Waals surface area contributed by atoms with Crippen LogP contribution < -0.4 is 0 Å². The van der Waals surface area contributed by atoms with Crippen molar-refractivity contribution in [3.63, 3.8) is 0 Å². The monoisotopic (exact) mass is 296 g/mol. The smallest absolute Gasteiger partial charge is 0.0469 e. The van der Waals surface area contributed by atoms with Gasteiger partial charge in [0, 0.05) is 5.41 Å². The molecule has 3 aromatic rings. The summed E-state index contributed by atoms with van der Waals surface area (Å²) in [7, 11) is 0. The first kappa shape index (κ1) is 13.1. The Balaban J connectivity index is 1.93. The number of fused-ring (bicyclic) bond motifs is 7. The van der Waals surface area contributed by atoms with E-state index in [2.05, 4.69) is 74.5 Å². The van der Waals surface area contributed by atoms with Crippen molar-refractivity contribution < 1.29 is 0 Å². The van der Waals surface area contributed by atoms with Crippen LogP contribution >= 0.6 is 0 Å². The molecule has 0 atom stereocenters. The van der Waals surface area contributed by atoms with Crippen LogP contribution in [-0.2, 0) is 11.8 Å². The molecule has 0 nitrogen and oxygen atoms in total. The lowest BCUT2D eigenvalue weighted by Gasteiger charge is -2.29. The first-order chi connectivity index (χ1) is 11.2. The van der Waals surface area contributed by atoms with Crippen molar-refractivity contribution in [1.29, 1.82) is 0 Å². The first-order valence-electron chi connectivity index (χ1n) is 8.51. The Kier molecular flexibility index (Phi) is 2.48. The molecule has 0 saturated carbocycles. The van der Waals surface area contributed by atoms with E-state index >= 15 is 0 Å². The SMILES string of the molecule is Cc1ccc2c(c1)C1(CCc3ccccc31)c1cc(C)ccc1-2. The number of benzene rings is 3. The molecule has 0 amide bonds. The van der Waals surface area contributed by atoms with Crippen LogP contribution in [0.3, 0.4) is 0 Å². The average molecular weight is 296 g/mol. The maximum atomic E-state index is 2.42. The summed E-state index contributed by atoms with van der Waals surface area (Å²) in [6, 6.07) is 23.1. The molecule has 23 heavy (non-hydrogen) atoms. The summed E-state index contributed by atoms with van der Waals surface area (Å²) < 4.78 is 0. The van der Waals surface area contributed by atoms with Crippen LogP contribution in [0.1, 0.15) is 39.8 Å². The molecule has 5 rings (SSSR count). The molecule has 0 N–H and O–H groups in total. The van der Waals surface area contributed by atoms with Crippen molar-refractivity contribution in [2.45, 2.75) is 32.1 Å². The van der Waals surface area contributed by atoms with Crippen LogP contribution in [0.5, 0.6) is 0 Å². The molecule has 0 saturated heterocycles. The minimum atomic E-state index is 0.0687. The van der Waals surface area contributed by atoms with Gasteiger partial charge in [0.1, 0.15) is 0 Å². The molecule has 2 aliphatic carbocycles. The van der Waals surface area contributed by atoms with Crippen LogP contribution in [0.15, 0.2) is 60.7 Å². The Hall–Kier alpha value is -2.34. The predicted octanol–water partition coefficient (Wildman–Crippen LogP) is 5.56. The Labute approximate surface area is 137 Å². The van der Waals surface area contributed by atoms with Crippen molar-refractivity contribution >= 4 is 0 Å². The lowest BCUT2D eigenvalue weighted by molar-refractivity contribution is 0.625. The van der Waals surface area contributed by atoms with Gasteiger partial charge in [-0.25, -0.2) is 0 Å². The third kappa shape index (κ3) is 1.56. The molecular weight excluding hydrogens is 276 g/mol. The highest BCUT2D eigenvalue weighted by Gasteiger charge is 2.48. The fraction of sp³-hybridized carbons (Fsp3) is 0.217. The zero-order valence-electron chi connectivity index (χ0n) is 13.7. The van der Waals surface area contributed by atoms with Crippen molar-refractivity contribution in [1.82, 2.24) is 0 Å². The minimum absolute atomic E-state index is 0.0687. The molecule has 0 fully saturated rings. The Morgan fingerprint density at radius 3 is 1.96 bits per heavy atom. The zero-order valence-corrected chi connectivity index (χ0v) is 13.7. The third-order valence-electron chi connectivity index (χ3n) is 5.81. The Morgan fingerprint density at radius 1 is 0.696 bits per heavy atom. The number of aryl methyl sites for hydroxylation is 3. The largest absolute Gasteiger partial charge is 0.0620 e. The molecule has 112 valence electrons. The maximum absolute atomic E-state index is 2.42. The summed E-state index contributed by atoms with van der Waals surface area (Å²) >= 11 is 0. The van der Waals surface area contributed by atoms with Crippen LogP contribution in [0.25, 0.3) is 11.1 Å². The van der Waals surface area contributed by atoms with Gasteiger partial charge in [-0.2, -0.15) is 0 Å². The van der Waals surface area contributed by atoms with Gasteiger partial charge in [-0.1, -0.05) is 71.8 Å². The standard InChI is InChI=1S/C23H20/c1-15-7-9-18-19-10-8-16(2)14-22(19)23(21(18)13-15)12-11-17-5-3-4-6-20(17)23/h3-10,13-14H,11-12H2,1-2H3. The second-order valence-corrected chi connectivity index (χ2v) is 7.16. The highest BCUT2D eigenvalue weighted by molar-refractivity contribution is 5.85. The van der Waals surface area contributed by atoms with E-state index in [-0.39, 0.29) is 5.41 Å². The van der Waals surface area contributed by atoms with Crippen molar-refractivity contribution in [3.8, 4) is 11.1 Å². The van der Waals surface area contributed by atoms with Gasteiger partial charge in [-0.15, -0.1) is 0 Å². The summed E-state index contributed by atoms with van der Waals surface area (Å²) in [5.74, 6) is 0. The fourth-order valence-electron chi connectivity index (χ4n) is 4.81. The van der Waals surface area contributed by atoms with E-state index in [1.165, 1.54) is 57.3 Å². The molecule has 0 unspecified atom stereocenters. The van der Waals surface area contributed by atoms with Crippen molar-refractivity contribution in [2.24, 2.45) is 0 Å². The second-order valence-electron chi connectivity index (χ2n) is 7.16. The fourth-order valence-corrected chi connectivity index (χ4v) is 4.81. The lowest BCUT2D eigenvalue weighted by atomic mass is 9.73. The normalized spacial score (nSPS) is 16.3. The average Bonchev–Trinajstić information content (AvgIpc) is 3.07. The van der Waals surface area contributed by atoms with Gasteiger partial charge in [0.2, 0.25) is 0 Å². The van der Waals surface area contributed by atoms with E-state index in [1.807, 2.05) is 0 Å². The summed E-state index contributed by atoms with van der Waals surface area (Å²) in [5, 5.41) is 0. The maximum Gasteiger partial charge on any atom is 0.0469 e. The lowest BCUT2D eigenvalue weighted by Crippen LogP contribution is -2.23. The van der Waals surface area contributed by atoms with Gasteiger partial charge in [-0.3, -0.25) is 0 Å². The van der Waals surface area contributed by atoms with Crippen molar-refractivity contribution in [3.05, 3.63) is 94.0 Å². The highest BCUT2D eigenvalue weighted by atomic mass is 14.5. The molecule has 0 heteroatoms. The Morgan fingerprint density at radius 2 is 1.30 bits per heavy atom. The molecule has 0 aliphatic heterocycles. The quantitative estimate of drug-likeness (QED) is 0.509. The zero-order chi connectivity index (χ0) is 15.6. The first-order valence-corrected chi connectivity index (χ1v) is 8.51. The molecule has 3 aromatic carbocycles. The third-order valence-corrected chi connectivity index (χ3v) is 5.81. The minimum Gasteiger partial charge on any atom is -0.0620 e. The van der Waals surface area contributed by atoms with Gasteiger partial charge in [-0.05, 0) is 60.1 Å². The van der Waals surface area contributed by atoms with E-state index in [1.54, 1.807) is 0 Å². The molecule has 0 bridgehead atoms. The highest BCUT2D eigenvalue weighted by Crippen LogP contribution is 2.58.